The number of ether oxygens (including phenoxy) is 1. The van der Waals surface area contributed by atoms with E-state index in [9.17, 15) is 4.79 Å². The SMILES string of the molecule is O=C1c2ccccc2OCC1([Se])c1ccccc1. The number of para-hydroxylation sites is 1. The van der Waals surface area contributed by atoms with Crippen molar-refractivity contribution in [3.63, 3.8) is 0 Å². The molecular weight excluding hydrogens is 291 g/mol. The van der Waals surface area contributed by atoms with Gasteiger partial charge < -0.3 is 0 Å². The molecule has 1 radical (unpaired) electrons. The molecule has 0 spiro atoms. The molecule has 1 aliphatic heterocycles. The number of hydrogen-bond acceptors (Lipinski definition) is 2. The van der Waals surface area contributed by atoms with E-state index < -0.39 is 4.31 Å². The fourth-order valence-corrected chi connectivity index (χ4v) is 2.80. The molecule has 0 amide bonds. The molecule has 0 aliphatic carbocycles. The predicted octanol–water partition coefficient (Wildman–Crippen LogP) is 2.33. The van der Waals surface area contributed by atoms with E-state index in [1.807, 2.05) is 54.6 Å². The maximum absolute atomic E-state index is 12.6. The molecule has 0 bridgehead atoms. The van der Waals surface area contributed by atoms with E-state index in [0.717, 1.165) is 5.56 Å². The number of hydrogen-bond donors (Lipinski definition) is 0. The number of ketones is 1. The van der Waals surface area contributed by atoms with Crippen LogP contribution in [-0.4, -0.2) is 28.4 Å². The Kier molecular flexibility index (Phi) is 2.73. The van der Waals surface area contributed by atoms with Gasteiger partial charge in [0.15, 0.2) is 0 Å². The van der Waals surface area contributed by atoms with E-state index in [1.54, 1.807) is 0 Å². The Bertz CT molecular complexity index is 594. The Morgan fingerprint density at radius 2 is 1.67 bits per heavy atom. The Hall–Kier alpha value is -1.57. The van der Waals surface area contributed by atoms with Gasteiger partial charge in [0, 0.05) is 0 Å². The maximum atomic E-state index is 12.6. The fourth-order valence-electron chi connectivity index (χ4n) is 2.16. The van der Waals surface area contributed by atoms with Gasteiger partial charge in [-0.25, -0.2) is 0 Å². The minimum atomic E-state index is -0.713. The molecule has 2 aromatic carbocycles. The van der Waals surface area contributed by atoms with Crippen molar-refractivity contribution >= 4 is 21.8 Å². The van der Waals surface area contributed by atoms with Crippen LogP contribution in [-0.2, 0) is 4.31 Å². The minimum absolute atomic E-state index is 0.0792. The second-order valence-electron chi connectivity index (χ2n) is 4.31. The Balaban J connectivity index is 2.10. The van der Waals surface area contributed by atoms with Crippen molar-refractivity contribution in [2.24, 2.45) is 0 Å². The topological polar surface area (TPSA) is 26.3 Å². The number of carbonyl (C=O) groups excluding carboxylic acids is 1. The molecule has 0 saturated carbocycles. The molecule has 1 unspecified atom stereocenters. The quantitative estimate of drug-likeness (QED) is 0.756. The first-order valence-corrected chi connectivity index (χ1v) is 6.60. The standard InChI is InChI=1S/C15H11O2Se/c16-14-12-8-4-5-9-13(12)17-10-15(14,18)11-6-2-1-3-7-11/h1-9H,10H2. The van der Waals surface area contributed by atoms with Crippen molar-refractivity contribution in [3.05, 3.63) is 65.7 Å². The van der Waals surface area contributed by atoms with Crippen LogP contribution in [0.2, 0.25) is 0 Å². The molecule has 1 aliphatic rings. The first-order valence-electron chi connectivity index (χ1n) is 5.74. The Morgan fingerprint density at radius 3 is 2.44 bits per heavy atom. The van der Waals surface area contributed by atoms with Crippen molar-refractivity contribution in [3.8, 4) is 5.75 Å². The summed E-state index contributed by atoms with van der Waals surface area (Å²) in [4.78, 5) is 12.6. The van der Waals surface area contributed by atoms with Gasteiger partial charge in [-0.1, -0.05) is 0 Å². The van der Waals surface area contributed by atoms with Crippen molar-refractivity contribution in [2.45, 2.75) is 4.31 Å². The molecule has 3 rings (SSSR count). The third-order valence-corrected chi connectivity index (χ3v) is 4.30. The molecule has 0 saturated heterocycles. The van der Waals surface area contributed by atoms with E-state index in [0.29, 0.717) is 17.9 Å². The van der Waals surface area contributed by atoms with Crippen LogP contribution in [0.15, 0.2) is 54.6 Å². The second kappa shape index (κ2) is 4.27. The summed E-state index contributed by atoms with van der Waals surface area (Å²) in [6.07, 6.45) is 0. The summed E-state index contributed by atoms with van der Waals surface area (Å²) >= 11 is 3.02. The average molecular weight is 302 g/mol. The Morgan fingerprint density at radius 1 is 1.00 bits per heavy atom. The first kappa shape index (κ1) is 11.5. The molecule has 3 heteroatoms. The molecular formula is C15H11O2Se. The Labute approximate surface area is 114 Å². The summed E-state index contributed by atoms with van der Waals surface area (Å²) in [6.45, 7) is 0.340. The van der Waals surface area contributed by atoms with E-state index in [-0.39, 0.29) is 5.78 Å². The van der Waals surface area contributed by atoms with Gasteiger partial charge in [0.25, 0.3) is 0 Å². The van der Waals surface area contributed by atoms with Crippen LogP contribution in [0, 0.1) is 0 Å². The molecule has 0 aromatic heterocycles. The summed E-state index contributed by atoms with van der Waals surface area (Å²) in [5, 5.41) is 0. The number of Topliss-reactive ketones (excluding diaryl/α,β-unsaturated/α-hetero) is 1. The first-order chi connectivity index (χ1) is 8.72. The van der Waals surface area contributed by atoms with Gasteiger partial charge >= 0.3 is 114 Å². The van der Waals surface area contributed by atoms with Crippen LogP contribution in [0.5, 0.6) is 5.75 Å². The third-order valence-electron chi connectivity index (χ3n) is 3.17. The monoisotopic (exact) mass is 303 g/mol. The number of benzene rings is 2. The van der Waals surface area contributed by atoms with E-state index in [1.165, 1.54) is 0 Å². The summed E-state index contributed by atoms with van der Waals surface area (Å²) in [5.74, 6) is 0.750. The normalized spacial score (nSPS) is 22.2. The average Bonchev–Trinajstić information content (AvgIpc) is 2.44. The second-order valence-corrected chi connectivity index (χ2v) is 5.77. The van der Waals surface area contributed by atoms with Crippen LogP contribution >= 0.6 is 0 Å². The van der Waals surface area contributed by atoms with Gasteiger partial charge in [0.2, 0.25) is 0 Å². The summed E-state index contributed by atoms with van der Waals surface area (Å²) in [7, 11) is 0. The molecule has 2 nitrogen and oxygen atoms in total. The van der Waals surface area contributed by atoms with Crippen molar-refractivity contribution in [1.82, 2.24) is 0 Å². The summed E-state index contributed by atoms with van der Waals surface area (Å²) < 4.78 is 5.00. The predicted molar refractivity (Wildman–Crippen MR) is 70.1 cm³/mol. The zero-order chi connectivity index (χ0) is 12.6. The molecule has 89 valence electrons. The number of carbonyl (C=O) groups is 1. The molecule has 0 N–H and O–H groups in total. The van der Waals surface area contributed by atoms with Crippen LogP contribution in [0.1, 0.15) is 15.9 Å². The van der Waals surface area contributed by atoms with E-state index >= 15 is 0 Å². The zero-order valence-corrected chi connectivity index (χ0v) is 11.3. The molecule has 1 atom stereocenters. The van der Waals surface area contributed by atoms with Crippen LogP contribution in [0.4, 0.5) is 0 Å². The van der Waals surface area contributed by atoms with E-state index in [4.69, 9.17) is 4.74 Å². The van der Waals surface area contributed by atoms with Crippen molar-refractivity contribution in [2.75, 3.05) is 6.61 Å². The van der Waals surface area contributed by atoms with Crippen LogP contribution in [0.3, 0.4) is 0 Å². The molecule has 0 fully saturated rings. The van der Waals surface area contributed by atoms with Crippen molar-refractivity contribution < 1.29 is 9.53 Å². The molecule has 1 heterocycles. The fraction of sp³-hybridized carbons (Fsp3) is 0.133. The van der Waals surface area contributed by atoms with Crippen molar-refractivity contribution in [1.29, 1.82) is 0 Å². The number of rotatable bonds is 1. The molecule has 18 heavy (non-hydrogen) atoms. The zero-order valence-electron chi connectivity index (χ0n) is 9.63. The summed E-state index contributed by atoms with van der Waals surface area (Å²) in [6, 6.07) is 17.1. The molecule has 2 aromatic rings. The van der Waals surface area contributed by atoms with Gasteiger partial charge in [-0.05, 0) is 0 Å². The van der Waals surface area contributed by atoms with Crippen LogP contribution < -0.4 is 4.74 Å². The van der Waals surface area contributed by atoms with Crippen LogP contribution in [0.25, 0.3) is 0 Å². The summed E-state index contributed by atoms with van der Waals surface area (Å²) in [5.41, 5.74) is 1.59. The van der Waals surface area contributed by atoms with E-state index in [2.05, 4.69) is 16.0 Å². The third kappa shape index (κ3) is 1.67. The van der Waals surface area contributed by atoms with Gasteiger partial charge in [-0.2, -0.15) is 0 Å². The van der Waals surface area contributed by atoms with Gasteiger partial charge in [-0.3, -0.25) is 0 Å². The van der Waals surface area contributed by atoms with Gasteiger partial charge in [0.1, 0.15) is 0 Å². The van der Waals surface area contributed by atoms with Gasteiger partial charge in [0.05, 0.1) is 0 Å². The van der Waals surface area contributed by atoms with Gasteiger partial charge in [-0.15, -0.1) is 0 Å². The number of fused-ring (bicyclic) bond motifs is 1.